The molecule has 4 N–H and O–H groups in total. The molecule has 40 heavy (non-hydrogen) atoms. The molecule has 3 aliphatic carbocycles. The summed E-state index contributed by atoms with van der Waals surface area (Å²) >= 11 is 6.51. The van der Waals surface area contributed by atoms with Crippen molar-refractivity contribution in [2.45, 2.75) is 145 Å². The highest BCUT2D eigenvalue weighted by atomic mass is 35.5. The Morgan fingerprint density at radius 1 is 1.10 bits per heavy atom. The minimum Gasteiger partial charge on any atom is -0.432 e. The molecule has 5 unspecified atom stereocenters. The minimum absolute atomic E-state index is 0.00971. The number of halogens is 1. The number of carbonyl (C=O) groups is 1. The van der Waals surface area contributed by atoms with Gasteiger partial charge in [-0.05, 0) is 88.8 Å². The number of ether oxygens (including phenoxy) is 1. The number of nitrogens with one attached hydrogen (secondary N) is 3. The molecule has 3 saturated carbocycles. The molecule has 0 spiro atoms. The summed E-state index contributed by atoms with van der Waals surface area (Å²) in [6.45, 7) is 7.10. The minimum atomic E-state index is -2.03. The van der Waals surface area contributed by atoms with E-state index in [1.165, 1.54) is 18.6 Å². The summed E-state index contributed by atoms with van der Waals surface area (Å²) in [6, 6.07) is 0.275. The molecule has 2 heterocycles. The molecule has 10 heteroatoms. The third-order valence-corrected chi connectivity index (χ3v) is 14.0. The Balaban J connectivity index is 1.26. The largest absolute Gasteiger partial charge is 0.432 e. The van der Waals surface area contributed by atoms with Crippen molar-refractivity contribution in [3.8, 4) is 0 Å². The van der Waals surface area contributed by atoms with Crippen molar-refractivity contribution < 1.29 is 14.3 Å². The van der Waals surface area contributed by atoms with Crippen LogP contribution in [0.2, 0.25) is 18.6 Å². The number of nitrogens with zero attached hydrogens (tertiary/aromatic N) is 2. The normalized spacial score (nSPS) is 41.0. The van der Waals surface area contributed by atoms with E-state index in [1.807, 2.05) is 7.11 Å². The maximum Gasteiger partial charge on any atom is 0.222 e. The molecule has 5 rings (SSSR count). The fourth-order valence-electron chi connectivity index (χ4n) is 8.50. The van der Waals surface area contributed by atoms with E-state index < -0.39 is 8.32 Å². The van der Waals surface area contributed by atoms with Crippen molar-refractivity contribution in [2.24, 2.45) is 22.7 Å². The van der Waals surface area contributed by atoms with Gasteiger partial charge in [0.25, 0.3) is 0 Å². The van der Waals surface area contributed by atoms with Gasteiger partial charge in [0, 0.05) is 36.7 Å². The molecule has 0 aromatic rings. The van der Waals surface area contributed by atoms with Gasteiger partial charge in [0.1, 0.15) is 0 Å². The lowest BCUT2D eigenvalue weighted by molar-refractivity contribution is -0.121. The zero-order valence-corrected chi connectivity index (χ0v) is 27.0. The van der Waals surface area contributed by atoms with Gasteiger partial charge in [-0.3, -0.25) is 14.7 Å². The lowest BCUT2D eigenvalue weighted by Gasteiger charge is -2.44. The standard InChI is InChI=1S/C30H54ClN5O3Si/c1-19-34-35-30-26(18-28(37)32-16-15-20-5-12-24(13-6-20)40(3,4)38)33-29(21-7-9-22(31)10-8-21)25-17-23(39-2)11-14-27(25)36(19)30/h19-27,30,34-35,38H,5-18H2,1-4H3,(H,32,37)/t19?,20?,21?,22?,23?,24?,25?,26-,27?,30?/m0/s1. The van der Waals surface area contributed by atoms with E-state index in [1.54, 1.807) is 0 Å². The average molecular weight is 596 g/mol. The Labute approximate surface area is 247 Å². The number of hydrogen-bond donors (Lipinski definition) is 4. The predicted octanol–water partition coefficient (Wildman–Crippen LogP) is 4.53. The summed E-state index contributed by atoms with van der Waals surface area (Å²) in [6.07, 6.45) is 14.0. The van der Waals surface area contributed by atoms with Crippen LogP contribution in [0.25, 0.3) is 0 Å². The van der Waals surface area contributed by atoms with Crippen LogP contribution in [0.1, 0.15) is 90.4 Å². The van der Waals surface area contributed by atoms with Gasteiger partial charge in [-0.15, -0.1) is 11.6 Å². The summed E-state index contributed by atoms with van der Waals surface area (Å²) in [4.78, 5) is 31.9. The first-order chi connectivity index (χ1) is 19.1. The van der Waals surface area contributed by atoms with Gasteiger partial charge >= 0.3 is 0 Å². The third-order valence-electron chi connectivity index (χ3n) is 10.9. The summed E-state index contributed by atoms with van der Waals surface area (Å²) in [5.41, 5.74) is 8.86. The van der Waals surface area contributed by atoms with Gasteiger partial charge in [0.05, 0.1) is 30.9 Å². The fraction of sp³-hybridized carbons (Fsp3) is 0.933. The van der Waals surface area contributed by atoms with Crippen molar-refractivity contribution >= 4 is 31.5 Å². The SMILES string of the molecule is COC1CCC2C(C1)C(C1CCC(Cl)CC1)=N[C@@H](CC(=O)NCCC1CCC([Si](C)(C)O)CC1)C1NNC(C)N21. The van der Waals surface area contributed by atoms with Crippen molar-refractivity contribution in [1.29, 1.82) is 0 Å². The van der Waals surface area contributed by atoms with Crippen molar-refractivity contribution in [3.05, 3.63) is 0 Å². The first-order valence-electron chi connectivity index (χ1n) is 16.2. The average Bonchev–Trinajstić information content (AvgIpc) is 3.25. The quantitative estimate of drug-likeness (QED) is 0.243. The summed E-state index contributed by atoms with van der Waals surface area (Å²) in [5.74, 6) is 1.57. The molecule has 6 atom stereocenters. The Morgan fingerprint density at radius 3 is 2.50 bits per heavy atom. The number of amides is 1. The Morgan fingerprint density at radius 2 is 1.82 bits per heavy atom. The van der Waals surface area contributed by atoms with E-state index in [9.17, 15) is 9.59 Å². The van der Waals surface area contributed by atoms with Gasteiger partial charge in [0.2, 0.25) is 5.91 Å². The van der Waals surface area contributed by atoms with Gasteiger partial charge in [-0.25, -0.2) is 10.9 Å². The number of hydrazine groups is 1. The summed E-state index contributed by atoms with van der Waals surface area (Å²) < 4.78 is 5.88. The van der Waals surface area contributed by atoms with Crippen LogP contribution < -0.4 is 16.2 Å². The predicted molar refractivity (Wildman–Crippen MR) is 164 cm³/mol. The molecule has 4 fully saturated rings. The van der Waals surface area contributed by atoms with Crippen LogP contribution in [0, 0.1) is 17.8 Å². The van der Waals surface area contributed by atoms with E-state index in [-0.39, 0.29) is 35.8 Å². The second-order valence-corrected chi connectivity index (χ2v) is 18.7. The zero-order chi connectivity index (χ0) is 28.4. The Kier molecular flexibility index (Phi) is 10.3. The number of aliphatic imine (C=N–C) groups is 1. The molecule has 0 bridgehead atoms. The highest BCUT2D eigenvalue weighted by Gasteiger charge is 2.50. The fourth-order valence-corrected chi connectivity index (χ4v) is 10.5. The van der Waals surface area contributed by atoms with Crippen molar-refractivity contribution in [2.75, 3.05) is 13.7 Å². The molecule has 1 saturated heterocycles. The monoisotopic (exact) mass is 595 g/mol. The van der Waals surface area contributed by atoms with Gasteiger partial charge in [0.15, 0.2) is 8.32 Å². The van der Waals surface area contributed by atoms with E-state index in [0.717, 1.165) is 70.8 Å². The van der Waals surface area contributed by atoms with Gasteiger partial charge in [-0.1, -0.05) is 25.7 Å². The molecule has 0 aromatic heterocycles. The number of carbonyl (C=O) groups excluding carboxylic acids is 1. The number of alkyl halides is 1. The zero-order valence-electron chi connectivity index (χ0n) is 25.2. The van der Waals surface area contributed by atoms with Crippen molar-refractivity contribution in [1.82, 2.24) is 21.1 Å². The van der Waals surface area contributed by atoms with Crippen LogP contribution in [-0.4, -0.2) is 79.2 Å². The van der Waals surface area contributed by atoms with Crippen molar-refractivity contribution in [3.63, 3.8) is 0 Å². The maximum atomic E-state index is 13.3. The van der Waals surface area contributed by atoms with E-state index in [0.29, 0.717) is 35.8 Å². The lowest BCUT2D eigenvalue weighted by atomic mass is 9.72. The summed E-state index contributed by atoms with van der Waals surface area (Å²) in [7, 11) is -0.188. The third kappa shape index (κ3) is 7.14. The van der Waals surface area contributed by atoms with Crippen LogP contribution in [0.15, 0.2) is 4.99 Å². The molecular formula is C30H54ClN5O3Si. The molecule has 8 nitrogen and oxygen atoms in total. The second-order valence-electron chi connectivity index (χ2n) is 14.0. The van der Waals surface area contributed by atoms with Gasteiger partial charge < -0.3 is 14.8 Å². The Hall–Kier alpha value is -0.553. The van der Waals surface area contributed by atoms with Crippen LogP contribution in [0.4, 0.5) is 0 Å². The maximum absolute atomic E-state index is 13.3. The number of hydrogen-bond acceptors (Lipinski definition) is 7. The molecular weight excluding hydrogens is 542 g/mol. The van der Waals surface area contributed by atoms with Gasteiger partial charge in [-0.2, -0.15) is 0 Å². The van der Waals surface area contributed by atoms with Crippen LogP contribution in [0.5, 0.6) is 0 Å². The topological polar surface area (TPSA) is 98.2 Å². The van der Waals surface area contributed by atoms with E-state index >= 15 is 0 Å². The molecule has 5 aliphatic rings. The molecule has 2 aliphatic heterocycles. The van der Waals surface area contributed by atoms with Crippen LogP contribution in [-0.2, 0) is 9.53 Å². The molecule has 1 amide bonds. The highest BCUT2D eigenvalue weighted by Crippen LogP contribution is 2.42. The highest BCUT2D eigenvalue weighted by molar-refractivity contribution is 6.71. The first-order valence-corrected chi connectivity index (χ1v) is 19.6. The molecule has 228 valence electrons. The molecule has 0 radical (unpaired) electrons. The van der Waals surface area contributed by atoms with E-state index in [2.05, 4.69) is 41.1 Å². The lowest BCUT2D eigenvalue weighted by Crippen LogP contribution is -2.55. The number of fused-ring (bicyclic) bond motifs is 3. The second kappa shape index (κ2) is 13.4. The number of methoxy groups -OCH3 is 1. The Bertz CT molecular complexity index is 887. The summed E-state index contributed by atoms with van der Waals surface area (Å²) in [5, 5.41) is 3.53. The van der Waals surface area contributed by atoms with Crippen LogP contribution in [0.3, 0.4) is 0 Å². The van der Waals surface area contributed by atoms with E-state index in [4.69, 9.17) is 21.3 Å². The smallest absolute Gasteiger partial charge is 0.222 e. The number of rotatable bonds is 8. The molecule has 0 aromatic carbocycles. The van der Waals surface area contributed by atoms with Crippen LogP contribution >= 0.6 is 11.6 Å². The first kappa shape index (κ1) is 30.9.